The molecule has 0 radical (unpaired) electrons. The van der Waals surface area contributed by atoms with Crippen LogP contribution in [0.2, 0.25) is 0 Å². The smallest absolute Gasteiger partial charge is 0.306 e. The number of carbonyl (C=O) groups excluding carboxylic acids is 1. The summed E-state index contributed by atoms with van der Waals surface area (Å²) in [7, 11) is 1.43. The van der Waals surface area contributed by atoms with Gasteiger partial charge in [-0.3, -0.25) is 9.69 Å². The highest BCUT2D eigenvalue weighted by molar-refractivity contribution is 9.10. The summed E-state index contributed by atoms with van der Waals surface area (Å²) in [5.74, 6) is -0.149. The van der Waals surface area contributed by atoms with Crippen molar-refractivity contribution >= 4 is 33.2 Å². The maximum absolute atomic E-state index is 11.0. The van der Waals surface area contributed by atoms with Gasteiger partial charge in [0.2, 0.25) is 0 Å². The van der Waals surface area contributed by atoms with Crippen LogP contribution in [0.25, 0.3) is 0 Å². The maximum atomic E-state index is 11.0. The molecule has 0 fully saturated rings. The molecule has 0 aliphatic rings. The second kappa shape index (κ2) is 7.04. The normalized spacial score (nSPS) is 10.8. The summed E-state index contributed by atoms with van der Waals surface area (Å²) >= 11 is 5.24. The average molecular weight is 306 g/mol. The van der Waals surface area contributed by atoms with E-state index < -0.39 is 0 Å². The van der Waals surface area contributed by atoms with Gasteiger partial charge in [-0.25, -0.2) is 0 Å². The van der Waals surface area contributed by atoms with Crippen LogP contribution in [-0.4, -0.2) is 31.1 Å². The van der Waals surface area contributed by atoms with E-state index in [1.165, 1.54) is 12.0 Å². The van der Waals surface area contributed by atoms with Crippen LogP contribution in [0, 0.1) is 0 Å². The zero-order valence-electron chi connectivity index (χ0n) is 9.53. The SMILES string of the molecule is CCN(CCC(=O)OC)Cc1sccc1Br. The van der Waals surface area contributed by atoms with Crippen molar-refractivity contribution in [2.75, 3.05) is 20.2 Å². The molecule has 0 spiro atoms. The van der Waals surface area contributed by atoms with E-state index in [9.17, 15) is 4.79 Å². The van der Waals surface area contributed by atoms with Gasteiger partial charge >= 0.3 is 5.97 Å². The van der Waals surface area contributed by atoms with Gasteiger partial charge in [0.05, 0.1) is 13.5 Å². The Kier molecular flexibility index (Phi) is 6.01. The van der Waals surface area contributed by atoms with Crippen LogP contribution >= 0.6 is 27.3 Å². The lowest BCUT2D eigenvalue weighted by Crippen LogP contribution is -2.25. The molecular formula is C11H16BrNO2S. The number of esters is 1. The predicted octanol–water partition coefficient (Wildman–Crippen LogP) is 2.90. The first-order valence-corrected chi connectivity index (χ1v) is 6.85. The summed E-state index contributed by atoms with van der Waals surface area (Å²) in [6.07, 6.45) is 0.452. The molecule has 0 unspecified atom stereocenters. The number of thiophene rings is 1. The van der Waals surface area contributed by atoms with Crippen molar-refractivity contribution in [1.29, 1.82) is 0 Å². The fourth-order valence-corrected chi connectivity index (χ4v) is 2.86. The second-order valence-corrected chi connectivity index (χ2v) is 5.24. The monoisotopic (exact) mass is 305 g/mol. The fraction of sp³-hybridized carbons (Fsp3) is 0.545. The number of halogens is 1. The van der Waals surface area contributed by atoms with Crippen molar-refractivity contribution in [2.45, 2.75) is 19.9 Å². The van der Waals surface area contributed by atoms with Crippen LogP contribution in [0.3, 0.4) is 0 Å². The van der Waals surface area contributed by atoms with Gasteiger partial charge in [-0.1, -0.05) is 6.92 Å². The minimum atomic E-state index is -0.149. The van der Waals surface area contributed by atoms with Gasteiger partial charge in [-0.05, 0) is 33.9 Å². The Hall–Kier alpha value is -0.390. The standard InChI is InChI=1S/C11H16BrNO2S/c1-3-13(6-4-11(14)15-2)8-10-9(12)5-7-16-10/h5,7H,3-4,6,8H2,1-2H3. The summed E-state index contributed by atoms with van der Waals surface area (Å²) in [6.45, 7) is 4.65. The highest BCUT2D eigenvalue weighted by Crippen LogP contribution is 2.24. The zero-order chi connectivity index (χ0) is 12.0. The molecule has 0 aromatic carbocycles. The lowest BCUT2D eigenvalue weighted by molar-refractivity contribution is -0.141. The number of hydrogen-bond donors (Lipinski definition) is 0. The maximum Gasteiger partial charge on any atom is 0.306 e. The van der Waals surface area contributed by atoms with Gasteiger partial charge in [-0.15, -0.1) is 11.3 Å². The summed E-state index contributed by atoms with van der Waals surface area (Å²) in [4.78, 5) is 14.6. The van der Waals surface area contributed by atoms with Gasteiger partial charge < -0.3 is 4.74 Å². The van der Waals surface area contributed by atoms with Crippen LogP contribution in [0.5, 0.6) is 0 Å². The Morgan fingerprint density at radius 2 is 2.38 bits per heavy atom. The molecular weight excluding hydrogens is 290 g/mol. The van der Waals surface area contributed by atoms with E-state index in [1.54, 1.807) is 11.3 Å². The van der Waals surface area contributed by atoms with E-state index in [-0.39, 0.29) is 5.97 Å². The quantitative estimate of drug-likeness (QED) is 0.757. The zero-order valence-corrected chi connectivity index (χ0v) is 11.9. The Morgan fingerprint density at radius 1 is 1.62 bits per heavy atom. The van der Waals surface area contributed by atoms with Crippen LogP contribution in [-0.2, 0) is 16.1 Å². The minimum Gasteiger partial charge on any atom is -0.469 e. The Bertz CT molecular complexity index is 340. The van der Waals surface area contributed by atoms with Gasteiger partial charge in [-0.2, -0.15) is 0 Å². The summed E-state index contributed by atoms with van der Waals surface area (Å²) in [5, 5.41) is 2.06. The fourth-order valence-electron chi connectivity index (χ4n) is 1.34. The van der Waals surface area contributed by atoms with Gasteiger partial charge in [0.25, 0.3) is 0 Å². The number of rotatable bonds is 6. The molecule has 0 saturated carbocycles. The Morgan fingerprint density at radius 3 is 2.88 bits per heavy atom. The highest BCUT2D eigenvalue weighted by Gasteiger charge is 2.10. The molecule has 90 valence electrons. The lowest BCUT2D eigenvalue weighted by atomic mass is 10.3. The first-order valence-electron chi connectivity index (χ1n) is 5.18. The van der Waals surface area contributed by atoms with Crippen molar-refractivity contribution in [3.63, 3.8) is 0 Å². The van der Waals surface area contributed by atoms with E-state index in [4.69, 9.17) is 0 Å². The number of ether oxygens (including phenoxy) is 1. The van der Waals surface area contributed by atoms with Crippen LogP contribution < -0.4 is 0 Å². The first-order chi connectivity index (χ1) is 7.67. The molecule has 1 aromatic heterocycles. The summed E-state index contributed by atoms with van der Waals surface area (Å²) in [6, 6.07) is 2.05. The first kappa shape index (κ1) is 13.7. The Balaban J connectivity index is 2.43. The highest BCUT2D eigenvalue weighted by atomic mass is 79.9. The molecule has 5 heteroatoms. The second-order valence-electron chi connectivity index (χ2n) is 3.39. The molecule has 1 heterocycles. The van der Waals surface area contributed by atoms with Crippen molar-refractivity contribution in [2.24, 2.45) is 0 Å². The molecule has 3 nitrogen and oxygen atoms in total. The van der Waals surface area contributed by atoms with Crippen molar-refractivity contribution in [3.8, 4) is 0 Å². The minimum absolute atomic E-state index is 0.149. The van der Waals surface area contributed by atoms with Gasteiger partial charge in [0, 0.05) is 22.4 Å². The number of hydrogen-bond acceptors (Lipinski definition) is 4. The van der Waals surface area contributed by atoms with Gasteiger partial charge in [0.15, 0.2) is 0 Å². The average Bonchev–Trinajstić information content (AvgIpc) is 2.69. The molecule has 1 rings (SSSR count). The third kappa shape index (κ3) is 4.23. The third-order valence-electron chi connectivity index (χ3n) is 2.37. The van der Waals surface area contributed by atoms with Crippen LogP contribution in [0.1, 0.15) is 18.2 Å². The molecule has 0 aliphatic carbocycles. The van der Waals surface area contributed by atoms with Crippen LogP contribution in [0.15, 0.2) is 15.9 Å². The van der Waals surface area contributed by atoms with Crippen LogP contribution in [0.4, 0.5) is 0 Å². The molecule has 16 heavy (non-hydrogen) atoms. The van der Waals surface area contributed by atoms with E-state index in [2.05, 4.69) is 37.9 Å². The van der Waals surface area contributed by atoms with Crippen molar-refractivity contribution in [1.82, 2.24) is 4.90 Å². The summed E-state index contributed by atoms with van der Waals surface area (Å²) in [5.41, 5.74) is 0. The lowest BCUT2D eigenvalue weighted by Gasteiger charge is -2.19. The van der Waals surface area contributed by atoms with Crippen molar-refractivity contribution < 1.29 is 9.53 Å². The van der Waals surface area contributed by atoms with E-state index in [0.29, 0.717) is 6.42 Å². The largest absolute Gasteiger partial charge is 0.469 e. The molecule has 1 aromatic rings. The number of carbonyl (C=O) groups is 1. The Labute approximate surface area is 109 Å². The molecule has 0 bridgehead atoms. The number of nitrogens with zero attached hydrogens (tertiary/aromatic N) is 1. The van der Waals surface area contributed by atoms with Gasteiger partial charge in [0.1, 0.15) is 0 Å². The molecule has 0 aliphatic heterocycles. The number of methoxy groups -OCH3 is 1. The topological polar surface area (TPSA) is 29.5 Å². The predicted molar refractivity (Wildman–Crippen MR) is 69.6 cm³/mol. The molecule has 0 amide bonds. The van der Waals surface area contributed by atoms with Crippen molar-refractivity contribution in [3.05, 3.63) is 20.8 Å². The molecule has 0 atom stereocenters. The van der Waals surface area contributed by atoms with E-state index >= 15 is 0 Å². The molecule has 0 N–H and O–H groups in total. The summed E-state index contributed by atoms with van der Waals surface area (Å²) < 4.78 is 5.78. The van der Waals surface area contributed by atoms with E-state index in [1.807, 2.05) is 6.07 Å². The van der Waals surface area contributed by atoms with E-state index in [0.717, 1.165) is 24.1 Å². The molecule has 0 saturated heterocycles. The third-order valence-corrected chi connectivity index (χ3v) is 4.28.